The SMILES string of the molecule is O=C(CNS(=O)(=O)c1ccccc1Cl)N[C@H](Cc1ccccc1)c1ncccc1-c1ccc2ccncc2c1. The topological polar surface area (TPSA) is 101 Å². The molecule has 0 aliphatic carbocycles. The molecule has 5 aromatic rings. The molecule has 0 aliphatic rings. The van der Waals surface area contributed by atoms with Gasteiger partial charge in [-0.05, 0) is 53.3 Å². The van der Waals surface area contributed by atoms with Gasteiger partial charge in [-0.3, -0.25) is 14.8 Å². The third-order valence-electron chi connectivity index (χ3n) is 6.29. The summed E-state index contributed by atoms with van der Waals surface area (Å²) in [6, 6.07) is 27.2. The van der Waals surface area contributed by atoms with Gasteiger partial charge in [0.1, 0.15) is 4.90 Å². The first-order valence-corrected chi connectivity index (χ1v) is 14.1. The summed E-state index contributed by atoms with van der Waals surface area (Å²) in [6.07, 6.45) is 5.71. The molecular weight excluding hydrogens is 532 g/mol. The number of carbonyl (C=O) groups is 1. The van der Waals surface area contributed by atoms with E-state index in [-0.39, 0.29) is 9.92 Å². The van der Waals surface area contributed by atoms with Gasteiger partial charge < -0.3 is 5.32 Å². The van der Waals surface area contributed by atoms with E-state index in [9.17, 15) is 13.2 Å². The van der Waals surface area contributed by atoms with Gasteiger partial charge in [-0.1, -0.05) is 72.3 Å². The molecule has 0 unspecified atom stereocenters. The van der Waals surface area contributed by atoms with Crippen LogP contribution in [0, 0.1) is 0 Å². The normalized spacial score (nSPS) is 12.2. The summed E-state index contributed by atoms with van der Waals surface area (Å²) in [7, 11) is -3.98. The molecule has 0 radical (unpaired) electrons. The standard InChI is InChI=1S/C30H25ClN4O3S/c31-26-10-4-5-11-28(26)39(37,38)34-20-29(36)35-27(17-21-7-2-1-3-8-21)30-25(9-6-15-33-30)23-13-12-22-14-16-32-19-24(22)18-23/h1-16,18-19,27,34H,17,20H2,(H,35,36)/t27-/m1/s1. The van der Waals surface area contributed by atoms with Crippen molar-refractivity contribution in [3.63, 3.8) is 0 Å². The Kier molecular flexibility index (Phi) is 7.97. The maximum atomic E-state index is 13.1. The van der Waals surface area contributed by atoms with Crippen LogP contribution in [0.1, 0.15) is 17.3 Å². The van der Waals surface area contributed by atoms with Crippen molar-refractivity contribution in [1.29, 1.82) is 0 Å². The van der Waals surface area contributed by atoms with E-state index >= 15 is 0 Å². The number of benzene rings is 3. The molecule has 196 valence electrons. The molecule has 2 N–H and O–H groups in total. The molecule has 0 aliphatic heterocycles. The van der Waals surface area contributed by atoms with Crippen molar-refractivity contribution < 1.29 is 13.2 Å². The zero-order valence-corrected chi connectivity index (χ0v) is 22.4. The molecule has 0 fully saturated rings. The third-order valence-corrected chi connectivity index (χ3v) is 8.19. The van der Waals surface area contributed by atoms with Crippen LogP contribution in [0.15, 0.2) is 114 Å². The highest BCUT2D eigenvalue weighted by molar-refractivity contribution is 7.89. The Morgan fingerprint density at radius 1 is 0.872 bits per heavy atom. The zero-order valence-electron chi connectivity index (χ0n) is 20.8. The van der Waals surface area contributed by atoms with Gasteiger partial charge in [-0.2, -0.15) is 0 Å². The molecular formula is C30H25ClN4O3S. The average Bonchev–Trinajstić information content (AvgIpc) is 2.96. The van der Waals surface area contributed by atoms with E-state index in [1.54, 1.807) is 24.5 Å². The molecule has 7 nitrogen and oxygen atoms in total. The van der Waals surface area contributed by atoms with E-state index in [0.29, 0.717) is 12.1 Å². The van der Waals surface area contributed by atoms with Crippen LogP contribution in [0.5, 0.6) is 0 Å². The predicted octanol–water partition coefficient (Wildman–Crippen LogP) is 5.33. The summed E-state index contributed by atoms with van der Waals surface area (Å²) in [5.74, 6) is -0.495. The minimum Gasteiger partial charge on any atom is -0.346 e. The van der Waals surface area contributed by atoms with Gasteiger partial charge in [0.05, 0.1) is 23.3 Å². The number of nitrogens with zero attached hydrogens (tertiary/aromatic N) is 2. The lowest BCUT2D eigenvalue weighted by Gasteiger charge is -2.22. The first-order valence-electron chi connectivity index (χ1n) is 12.3. The average molecular weight is 557 g/mol. The number of nitrogens with one attached hydrogen (secondary N) is 2. The first-order chi connectivity index (χ1) is 18.9. The number of hydrogen-bond acceptors (Lipinski definition) is 5. The minimum absolute atomic E-state index is 0.0797. The van der Waals surface area contributed by atoms with Gasteiger partial charge in [0.2, 0.25) is 15.9 Å². The smallest absolute Gasteiger partial charge is 0.242 e. The second-order valence-electron chi connectivity index (χ2n) is 8.94. The number of halogens is 1. The predicted molar refractivity (Wildman–Crippen MR) is 153 cm³/mol. The lowest BCUT2D eigenvalue weighted by molar-refractivity contribution is -0.120. The second-order valence-corrected chi connectivity index (χ2v) is 11.1. The van der Waals surface area contributed by atoms with E-state index in [1.807, 2.05) is 72.9 Å². The summed E-state index contributed by atoms with van der Waals surface area (Å²) in [5.41, 5.74) is 3.47. The number of rotatable bonds is 9. The number of aromatic nitrogens is 2. The molecule has 9 heteroatoms. The fourth-order valence-corrected chi connectivity index (χ4v) is 5.90. The summed E-state index contributed by atoms with van der Waals surface area (Å²) in [6.45, 7) is -0.456. The van der Waals surface area contributed by atoms with Crippen LogP contribution in [0.3, 0.4) is 0 Å². The molecule has 0 saturated heterocycles. The van der Waals surface area contributed by atoms with Gasteiger partial charge in [0.25, 0.3) is 0 Å². The van der Waals surface area contributed by atoms with Gasteiger partial charge >= 0.3 is 0 Å². The highest BCUT2D eigenvalue weighted by atomic mass is 35.5. The maximum absolute atomic E-state index is 13.1. The van der Waals surface area contributed by atoms with Crippen molar-refractivity contribution in [3.8, 4) is 11.1 Å². The number of fused-ring (bicyclic) bond motifs is 1. The van der Waals surface area contributed by atoms with Crippen LogP contribution >= 0.6 is 11.6 Å². The van der Waals surface area contributed by atoms with Gasteiger partial charge in [0, 0.05) is 29.5 Å². The van der Waals surface area contributed by atoms with Crippen molar-refractivity contribution in [2.75, 3.05) is 6.54 Å². The summed E-state index contributed by atoms with van der Waals surface area (Å²) in [5, 5.41) is 5.13. The molecule has 2 heterocycles. The number of amides is 1. The summed E-state index contributed by atoms with van der Waals surface area (Å²) in [4.78, 5) is 21.9. The molecule has 5 rings (SSSR count). The van der Waals surface area contributed by atoms with Crippen LogP contribution in [-0.4, -0.2) is 30.8 Å². The van der Waals surface area contributed by atoms with Crippen LogP contribution in [0.2, 0.25) is 5.02 Å². The van der Waals surface area contributed by atoms with Gasteiger partial charge in [-0.25, -0.2) is 13.1 Å². The molecule has 3 aromatic carbocycles. The summed E-state index contributed by atoms with van der Waals surface area (Å²) < 4.78 is 27.9. The lowest BCUT2D eigenvalue weighted by Crippen LogP contribution is -2.39. The zero-order chi connectivity index (χ0) is 27.2. The fraction of sp³-hybridized carbons (Fsp3) is 0.100. The Hall–Kier alpha value is -4.11. The first kappa shape index (κ1) is 26.5. The molecule has 0 bridgehead atoms. The fourth-order valence-electron chi connectivity index (χ4n) is 4.40. The van der Waals surface area contributed by atoms with E-state index < -0.39 is 28.5 Å². The van der Waals surface area contributed by atoms with E-state index in [1.165, 1.54) is 12.1 Å². The Morgan fingerprint density at radius 2 is 1.67 bits per heavy atom. The Balaban J connectivity index is 1.43. The second kappa shape index (κ2) is 11.7. The number of carbonyl (C=O) groups excluding carboxylic acids is 1. The van der Waals surface area contributed by atoms with Crippen LogP contribution < -0.4 is 10.0 Å². The van der Waals surface area contributed by atoms with Crippen LogP contribution in [0.25, 0.3) is 21.9 Å². The Labute approximate surface area is 232 Å². The molecule has 39 heavy (non-hydrogen) atoms. The minimum atomic E-state index is -3.98. The molecule has 0 spiro atoms. The van der Waals surface area contributed by atoms with Gasteiger partial charge in [0.15, 0.2) is 0 Å². The van der Waals surface area contributed by atoms with E-state index in [4.69, 9.17) is 11.6 Å². The van der Waals surface area contributed by atoms with Crippen LogP contribution in [-0.2, 0) is 21.2 Å². The monoisotopic (exact) mass is 556 g/mol. The van der Waals surface area contributed by atoms with Crippen molar-refractivity contribution >= 4 is 38.3 Å². The molecule has 0 saturated carbocycles. The van der Waals surface area contributed by atoms with E-state index in [2.05, 4.69) is 20.0 Å². The van der Waals surface area contributed by atoms with Crippen molar-refractivity contribution in [3.05, 3.63) is 126 Å². The van der Waals surface area contributed by atoms with Gasteiger partial charge in [-0.15, -0.1) is 0 Å². The quantitative estimate of drug-likeness (QED) is 0.255. The Bertz CT molecular complexity index is 1730. The number of pyridine rings is 2. The molecule has 1 atom stereocenters. The van der Waals surface area contributed by atoms with Crippen molar-refractivity contribution in [1.82, 2.24) is 20.0 Å². The number of hydrogen-bond donors (Lipinski definition) is 2. The largest absolute Gasteiger partial charge is 0.346 e. The maximum Gasteiger partial charge on any atom is 0.242 e. The van der Waals surface area contributed by atoms with Crippen molar-refractivity contribution in [2.24, 2.45) is 0 Å². The molecule has 1 amide bonds. The number of sulfonamides is 1. The summed E-state index contributed by atoms with van der Waals surface area (Å²) >= 11 is 6.06. The molecule has 2 aromatic heterocycles. The Morgan fingerprint density at radius 3 is 2.49 bits per heavy atom. The van der Waals surface area contributed by atoms with Crippen molar-refractivity contribution in [2.45, 2.75) is 17.4 Å². The van der Waals surface area contributed by atoms with Crippen LogP contribution in [0.4, 0.5) is 0 Å². The highest BCUT2D eigenvalue weighted by Gasteiger charge is 2.23. The lowest BCUT2D eigenvalue weighted by atomic mass is 9.94. The third kappa shape index (κ3) is 6.31. The highest BCUT2D eigenvalue weighted by Crippen LogP contribution is 2.30. The van der Waals surface area contributed by atoms with E-state index in [0.717, 1.165) is 27.5 Å².